The normalized spacial score (nSPS) is 25.5. The first-order valence-electron chi connectivity index (χ1n) is 10.0. The first-order chi connectivity index (χ1) is 13.3. The van der Waals surface area contributed by atoms with Crippen LogP contribution in [0.3, 0.4) is 0 Å². The molecule has 1 aliphatic carbocycles. The van der Waals surface area contributed by atoms with E-state index in [0.29, 0.717) is 12.2 Å². The number of likely N-dealkylation sites (tertiary alicyclic amines) is 1. The van der Waals surface area contributed by atoms with E-state index in [2.05, 4.69) is 31.8 Å². The van der Waals surface area contributed by atoms with E-state index in [0.717, 1.165) is 35.0 Å². The highest BCUT2D eigenvalue weighted by Gasteiger charge is 2.57. The Labute approximate surface area is 165 Å². The Kier molecular flexibility index (Phi) is 3.49. The monoisotopic (exact) mass is 374 g/mol. The molecule has 2 aromatic carbocycles. The van der Waals surface area contributed by atoms with Crippen LogP contribution in [0, 0.1) is 5.41 Å². The fourth-order valence-corrected chi connectivity index (χ4v) is 5.52. The number of hydrogen-bond donors (Lipinski definition) is 2. The van der Waals surface area contributed by atoms with Crippen LogP contribution < -0.4 is 0 Å². The number of carbonyl (C=O) groups is 1. The van der Waals surface area contributed by atoms with Gasteiger partial charge >= 0.3 is 0 Å². The van der Waals surface area contributed by atoms with E-state index < -0.39 is 0 Å². The summed E-state index contributed by atoms with van der Waals surface area (Å²) in [6.07, 6.45) is 3.49. The van der Waals surface area contributed by atoms with E-state index in [4.69, 9.17) is 0 Å². The van der Waals surface area contributed by atoms with Crippen LogP contribution in [0.15, 0.2) is 48.7 Å². The zero-order valence-electron chi connectivity index (χ0n) is 16.6. The summed E-state index contributed by atoms with van der Waals surface area (Å²) in [5, 5.41) is 11.6. The summed E-state index contributed by atoms with van der Waals surface area (Å²) < 4.78 is 0. The Morgan fingerprint density at radius 1 is 1.18 bits per heavy atom. The predicted octanol–water partition coefficient (Wildman–Crippen LogP) is 4.63. The van der Waals surface area contributed by atoms with Crippen molar-refractivity contribution in [2.75, 3.05) is 6.54 Å². The molecule has 2 N–H and O–H groups in total. The first kappa shape index (κ1) is 17.4. The molecule has 0 radical (unpaired) electrons. The van der Waals surface area contributed by atoms with E-state index in [1.54, 1.807) is 6.07 Å². The third-order valence-electron chi connectivity index (χ3n) is 7.69. The molecule has 3 aromatic rings. The number of amides is 1. The molecule has 0 saturated carbocycles. The summed E-state index contributed by atoms with van der Waals surface area (Å²) in [7, 11) is 0. The lowest BCUT2D eigenvalue weighted by Gasteiger charge is -2.60. The maximum atomic E-state index is 13.5. The molecule has 0 spiro atoms. The van der Waals surface area contributed by atoms with Crippen LogP contribution in [0.5, 0.6) is 5.75 Å². The number of phenolic OH excluding ortho intramolecular Hbond substituents is 1. The van der Waals surface area contributed by atoms with Crippen molar-refractivity contribution in [2.45, 2.75) is 45.1 Å². The number of nitrogens with one attached hydrogen (secondary N) is 1. The van der Waals surface area contributed by atoms with E-state index in [9.17, 15) is 9.90 Å². The summed E-state index contributed by atoms with van der Waals surface area (Å²) in [6, 6.07) is 13.8. The van der Waals surface area contributed by atoms with Crippen molar-refractivity contribution in [3.8, 4) is 5.75 Å². The molecule has 144 valence electrons. The molecule has 1 saturated heterocycles. The zero-order chi connectivity index (χ0) is 19.7. The van der Waals surface area contributed by atoms with Crippen LogP contribution in [0.1, 0.15) is 48.7 Å². The lowest BCUT2D eigenvalue weighted by molar-refractivity contribution is -0.0266. The molecule has 0 unspecified atom stereocenters. The van der Waals surface area contributed by atoms with Gasteiger partial charge in [0, 0.05) is 35.3 Å². The lowest BCUT2D eigenvalue weighted by atomic mass is 9.51. The topological polar surface area (TPSA) is 56.3 Å². The quantitative estimate of drug-likeness (QED) is 0.652. The van der Waals surface area contributed by atoms with Gasteiger partial charge < -0.3 is 15.0 Å². The summed E-state index contributed by atoms with van der Waals surface area (Å²) in [5.74, 6) is 0.432. The minimum absolute atomic E-state index is 0.0545. The number of carbonyl (C=O) groups excluding carboxylic acids is 1. The number of H-pyrrole nitrogens is 1. The van der Waals surface area contributed by atoms with Crippen molar-refractivity contribution in [3.63, 3.8) is 0 Å². The van der Waals surface area contributed by atoms with Gasteiger partial charge in [0.25, 0.3) is 5.91 Å². The highest BCUT2D eigenvalue weighted by atomic mass is 16.3. The van der Waals surface area contributed by atoms with Gasteiger partial charge in [-0.1, -0.05) is 39.0 Å². The standard InChI is InChI=1S/C24H26N2O2/c1-23(2)21-14-17-18(5-4-6-20(17)27)24(23,3)10-12-26(21)22(28)16-8-7-15-9-11-25-19(15)13-16/h4-9,11,13,21,25,27H,10,12,14H2,1-3H3/t21-,24+/m1/s1. The van der Waals surface area contributed by atoms with Crippen LogP contribution in [0.25, 0.3) is 10.9 Å². The Balaban J connectivity index is 1.58. The van der Waals surface area contributed by atoms with Crippen LogP contribution in [0.2, 0.25) is 0 Å². The first-order valence-corrected chi connectivity index (χ1v) is 10.0. The molecule has 1 fully saturated rings. The molecular weight excluding hydrogens is 348 g/mol. The second kappa shape index (κ2) is 5.63. The van der Waals surface area contributed by atoms with Crippen molar-refractivity contribution in [3.05, 3.63) is 65.4 Å². The fraction of sp³-hybridized carbons (Fsp3) is 0.375. The van der Waals surface area contributed by atoms with E-state index in [1.165, 1.54) is 5.56 Å². The van der Waals surface area contributed by atoms with Crippen molar-refractivity contribution >= 4 is 16.8 Å². The number of hydrogen-bond acceptors (Lipinski definition) is 2. The fourth-order valence-electron chi connectivity index (χ4n) is 5.52. The van der Waals surface area contributed by atoms with Crippen molar-refractivity contribution in [1.82, 2.24) is 9.88 Å². The summed E-state index contributed by atoms with van der Waals surface area (Å²) in [5.41, 5.74) is 3.80. The van der Waals surface area contributed by atoms with Crippen molar-refractivity contribution < 1.29 is 9.90 Å². The van der Waals surface area contributed by atoms with Crippen molar-refractivity contribution in [2.24, 2.45) is 5.41 Å². The molecule has 2 heterocycles. The molecule has 5 rings (SSSR count). The van der Waals surface area contributed by atoms with Gasteiger partial charge in [-0.3, -0.25) is 4.79 Å². The van der Waals surface area contributed by atoms with Gasteiger partial charge in [-0.05, 0) is 59.0 Å². The highest BCUT2D eigenvalue weighted by Crippen LogP contribution is 2.57. The Hall–Kier alpha value is -2.75. The Bertz CT molecular complexity index is 1100. The van der Waals surface area contributed by atoms with Crippen LogP contribution in [0.4, 0.5) is 0 Å². The van der Waals surface area contributed by atoms with E-state index >= 15 is 0 Å². The van der Waals surface area contributed by atoms with Crippen LogP contribution in [-0.4, -0.2) is 33.5 Å². The van der Waals surface area contributed by atoms with Gasteiger partial charge in [0.05, 0.1) is 0 Å². The summed E-state index contributed by atoms with van der Waals surface area (Å²) in [6.45, 7) is 7.59. The van der Waals surface area contributed by atoms with Gasteiger partial charge in [-0.2, -0.15) is 0 Å². The minimum atomic E-state index is -0.0851. The lowest BCUT2D eigenvalue weighted by Crippen LogP contribution is -2.64. The van der Waals surface area contributed by atoms with E-state index in [1.807, 2.05) is 41.4 Å². The van der Waals surface area contributed by atoms with Crippen molar-refractivity contribution in [1.29, 1.82) is 0 Å². The van der Waals surface area contributed by atoms with Crippen LogP contribution >= 0.6 is 0 Å². The maximum absolute atomic E-state index is 13.5. The average Bonchev–Trinajstić information content (AvgIpc) is 3.12. The second-order valence-electron chi connectivity index (χ2n) is 9.11. The SMILES string of the molecule is CC1(C)[C@H]2Cc3c(O)cccc3[C@]1(C)CCN2C(=O)c1ccc2cc[nH]c2c1. The number of aromatic amines is 1. The van der Waals surface area contributed by atoms with Crippen LogP contribution in [-0.2, 0) is 11.8 Å². The molecule has 1 aliphatic heterocycles. The number of rotatable bonds is 1. The molecule has 28 heavy (non-hydrogen) atoms. The number of piperidine rings is 1. The number of aromatic hydroxyl groups is 1. The van der Waals surface area contributed by atoms with Gasteiger partial charge in [0.15, 0.2) is 0 Å². The number of benzene rings is 2. The second-order valence-corrected chi connectivity index (χ2v) is 9.11. The van der Waals surface area contributed by atoms with Gasteiger partial charge in [0.1, 0.15) is 5.75 Å². The summed E-state index contributed by atoms with van der Waals surface area (Å²) in [4.78, 5) is 18.7. The predicted molar refractivity (Wildman–Crippen MR) is 111 cm³/mol. The highest BCUT2D eigenvalue weighted by molar-refractivity contribution is 5.98. The maximum Gasteiger partial charge on any atom is 0.254 e. The number of fused-ring (bicyclic) bond motifs is 5. The number of aromatic nitrogens is 1. The van der Waals surface area contributed by atoms with Gasteiger partial charge in [0.2, 0.25) is 0 Å². The molecule has 2 bridgehead atoms. The molecule has 2 atom stereocenters. The molecular formula is C24H26N2O2. The zero-order valence-corrected chi connectivity index (χ0v) is 16.6. The number of phenols is 1. The molecule has 2 aliphatic rings. The smallest absolute Gasteiger partial charge is 0.254 e. The van der Waals surface area contributed by atoms with Gasteiger partial charge in [-0.15, -0.1) is 0 Å². The Morgan fingerprint density at radius 2 is 2.00 bits per heavy atom. The third kappa shape index (κ3) is 2.15. The molecule has 1 aromatic heterocycles. The largest absolute Gasteiger partial charge is 0.508 e. The molecule has 4 nitrogen and oxygen atoms in total. The van der Waals surface area contributed by atoms with E-state index in [-0.39, 0.29) is 22.8 Å². The minimum Gasteiger partial charge on any atom is -0.508 e. The molecule has 1 amide bonds. The average molecular weight is 374 g/mol. The Morgan fingerprint density at radius 3 is 2.82 bits per heavy atom. The number of nitrogens with zero attached hydrogens (tertiary/aromatic N) is 1. The van der Waals surface area contributed by atoms with Gasteiger partial charge in [-0.25, -0.2) is 0 Å². The third-order valence-corrected chi connectivity index (χ3v) is 7.69. The summed E-state index contributed by atoms with van der Waals surface area (Å²) >= 11 is 0. The molecule has 4 heteroatoms.